The van der Waals surface area contributed by atoms with Crippen LogP contribution in [0.1, 0.15) is 22.8 Å². The number of nitrogens with one attached hydrogen (secondary N) is 1. The van der Waals surface area contributed by atoms with E-state index < -0.39 is 6.61 Å². The van der Waals surface area contributed by atoms with Crippen molar-refractivity contribution in [3.63, 3.8) is 0 Å². The zero-order valence-corrected chi connectivity index (χ0v) is 17.8. The van der Waals surface area contributed by atoms with Gasteiger partial charge in [0.2, 0.25) is 0 Å². The summed E-state index contributed by atoms with van der Waals surface area (Å²) in [5.41, 5.74) is 1.11. The highest BCUT2D eigenvalue weighted by Gasteiger charge is 2.16. The normalized spacial score (nSPS) is 10.6. The number of ether oxygens (including phenoxy) is 4. The Morgan fingerprint density at radius 3 is 2.45 bits per heavy atom. The molecule has 0 heterocycles. The predicted molar refractivity (Wildman–Crippen MR) is 108 cm³/mol. The number of benzene rings is 2. The highest BCUT2D eigenvalue weighted by atomic mass is 79.9. The number of rotatable bonds is 10. The molecule has 0 aliphatic carbocycles. The molecule has 0 fully saturated rings. The number of carbonyl (C=O) groups excluding carboxylic acids is 1. The number of halogens is 3. The predicted octanol–water partition coefficient (Wildman–Crippen LogP) is 4.44. The SMILES string of the molecule is CCOc1c(Br)cc(C(=O)NCCc2ccc(OC)c(OC(F)F)c2)cc1OC. The van der Waals surface area contributed by atoms with E-state index in [9.17, 15) is 13.6 Å². The number of hydrogen-bond acceptors (Lipinski definition) is 5. The van der Waals surface area contributed by atoms with Crippen LogP contribution in [-0.4, -0.2) is 39.9 Å². The molecule has 29 heavy (non-hydrogen) atoms. The third kappa shape index (κ3) is 6.22. The van der Waals surface area contributed by atoms with Crippen molar-refractivity contribution in [2.24, 2.45) is 0 Å². The minimum atomic E-state index is -2.95. The maximum atomic E-state index is 12.5. The molecule has 0 radical (unpaired) electrons. The number of carbonyl (C=O) groups is 1. The second-order valence-electron chi connectivity index (χ2n) is 5.79. The van der Waals surface area contributed by atoms with Gasteiger partial charge in [-0.25, -0.2) is 0 Å². The molecule has 0 saturated carbocycles. The number of methoxy groups -OCH3 is 2. The molecule has 1 amide bonds. The van der Waals surface area contributed by atoms with E-state index in [0.717, 1.165) is 0 Å². The molecular weight excluding hydrogens is 452 g/mol. The molecule has 2 aromatic rings. The molecule has 0 aliphatic heterocycles. The van der Waals surface area contributed by atoms with Crippen LogP contribution in [0.15, 0.2) is 34.8 Å². The van der Waals surface area contributed by atoms with Crippen molar-refractivity contribution < 1.29 is 32.5 Å². The largest absolute Gasteiger partial charge is 0.493 e. The Bertz CT molecular complexity index is 848. The molecular formula is C20H22BrF2NO5. The Kier molecular flexibility index (Phi) is 8.50. The van der Waals surface area contributed by atoms with Crippen molar-refractivity contribution >= 4 is 21.8 Å². The Morgan fingerprint density at radius 2 is 1.83 bits per heavy atom. The Balaban J connectivity index is 2.04. The molecule has 0 atom stereocenters. The third-order valence-corrected chi connectivity index (χ3v) is 4.51. The lowest BCUT2D eigenvalue weighted by Gasteiger charge is -2.14. The van der Waals surface area contributed by atoms with E-state index in [1.54, 1.807) is 24.3 Å². The van der Waals surface area contributed by atoms with Gasteiger partial charge < -0.3 is 24.3 Å². The molecule has 6 nitrogen and oxygen atoms in total. The zero-order valence-electron chi connectivity index (χ0n) is 16.3. The van der Waals surface area contributed by atoms with Crippen LogP contribution in [0.3, 0.4) is 0 Å². The Morgan fingerprint density at radius 1 is 1.10 bits per heavy atom. The van der Waals surface area contributed by atoms with E-state index in [2.05, 4.69) is 26.0 Å². The van der Waals surface area contributed by atoms with Crippen molar-refractivity contribution in [3.05, 3.63) is 45.9 Å². The van der Waals surface area contributed by atoms with Crippen LogP contribution >= 0.6 is 15.9 Å². The van der Waals surface area contributed by atoms with Crippen LogP contribution in [0, 0.1) is 0 Å². The number of amides is 1. The summed E-state index contributed by atoms with van der Waals surface area (Å²) in [6.45, 7) is -0.345. The Hall–Kier alpha value is -2.55. The van der Waals surface area contributed by atoms with Gasteiger partial charge in [-0.2, -0.15) is 8.78 Å². The van der Waals surface area contributed by atoms with Crippen molar-refractivity contribution in [1.82, 2.24) is 5.32 Å². The molecule has 0 spiro atoms. The van der Waals surface area contributed by atoms with Gasteiger partial charge in [0.25, 0.3) is 5.91 Å². The third-order valence-electron chi connectivity index (χ3n) is 3.92. The summed E-state index contributed by atoms with van der Waals surface area (Å²) in [5.74, 6) is 0.826. The van der Waals surface area contributed by atoms with Crippen LogP contribution < -0.4 is 24.3 Å². The van der Waals surface area contributed by atoms with Crippen molar-refractivity contribution in [1.29, 1.82) is 0 Å². The first-order valence-corrected chi connectivity index (χ1v) is 9.59. The van der Waals surface area contributed by atoms with Crippen LogP contribution in [0.2, 0.25) is 0 Å². The highest BCUT2D eigenvalue weighted by Crippen LogP contribution is 2.36. The van der Waals surface area contributed by atoms with Crippen molar-refractivity contribution in [3.8, 4) is 23.0 Å². The van der Waals surface area contributed by atoms with Gasteiger partial charge in [0.1, 0.15) is 0 Å². The monoisotopic (exact) mass is 473 g/mol. The summed E-state index contributed by atoms with van der Waals surface area (Å²) >= 11 is 3.38. The minimum Gasteiger partial charge on any atom is -0.493 e. The summed E-state index contributed by atoms with van der Waals surface area (Å²) in [6, 6.07) is 7.97. The summed E-state index contributed by atoms with van der Waals surface area (Å²) in [7, 11) is 2.87. The summed E-state index contributed by atoms with van der Waals surface area (Å²) < 4.78 is 45.9. The van der Waals surface area contributed by atoms with Gasteiger partial charge in [0.15, 0.2) is 23.0 Å². The maximum absolute atomic E-state index is 12.5. The van der Waals surface area contributed by atoms with Crippen molar-refractivity contribution in [2.45, 2.75) is 20.0 Å². The van der Waals surface area contributed by atoms with Gasteiger partial charge in [-0.3, -0.25) is 4.79 Å². The fraction of sp³-hybridized carbons (Fsp3) is 0.350. The summed E-state index contributed by atoms with van der Waals surface area (Å²) in [5, 5.41) is 2.79. The maximum Gasteiger partial charge on any atom is 0.387 e. The van der Waals surface area contributed by atoms with Gasteiger partial charge in [-0.15, -0.1) is 0 Å². The van der Waals surface area contributed by atoms with Crippen molar-refractivity contribution in [2.75, 3.05) is 27.4 Å². The highest BCUT2D eigenvalue weighted by molar-refractivity contribution is 9.10. The molecule has 158 valence electrons. The average molecular weight is 474 g/mol. The van der Waals surface area contributed by atoms with Gasteiger partial charge >= 0.3 is 6.61 Å². The van der Waals surface area contributed by atoms with Gasteiger partial charge in [-0.05, 0) is 59.1 Å². The van der Waals surface area contributed by atoms with Crippen LogP contribution in [-0.2, 0) is 6.42 Å². The molecule has 0 unspecified atom stereocenters. The fourth-order valence-electron chi connectivity index (χ4n) is 2.62. The molecule has 9 heteroatoms. The minimum absolute atomic E-state index is 0.0495. The first-order valence-electron chi connectivity index (χ1n) is 8.79. The first-order chi connectivity index (χ1) is 13.9. The zero-order chi connectivity index (χ0) is 21.4. The van der Waals surface area contributed by atoms with E-state index in [0.29, 0.717) is 46.7 Å². The van der Waals surface area contributed by atoms with E-state index in [-0.39, 0.29) is 17.4 Å². The fourth-order valence-corrected chi connectivity index (χ4v) is 3.18. The summed E-state index contributed by atoms with van der Waals surface area (Å²) in [6.07, 6.45) is 0.421. The molecule has 1 N–H and O–H groups in total. The molecule has 2 rings (SSSR count). The number of alkyl halides is 2. The molecule has 0 saturated heterocycles. The molecule has 0 aliphatic rings. The van der Waals surface area contributed by atoms with E-state index in [1.165, 1.54) is 20.3 Å². The molecule has 0 bridgehead atoms. The topological polar surface area (TPSA) is 66.0 Å². The Labute approximate surface area is 176 Å². The average Bonchev–Trinajstić information content (AvgIpc) is 2.69. The van der Waals surface area contributed by atoms with Crippen LogP contribution in [0.25, 0.3) is 0 Å². The smallest absolute Gasteiger partial charge is 0.387 e. The van der Waals surface area contributed by atoms with Crippen LogP contribution in [0.5, 0.6) is 23.0 Å². The van der Waals surface area contributed by atoms with Gasteiger partial charge in [-0.1, -0.05) is 6.07 Å². The van der Waals surface area contributed by atoms with Crippen LogP contribution in [0.4, 0.5) is 8.78 Å². The standard InChI is InChI=1S/C20H22BrF2NO5/c1-4-28-18-14(21)10-13(11-17(18)27-3)19(25)24-8-7-12-5-6-15(26-2)16(9-12)29-20(22)23/h5-6,9-11,20H,4,7-8H2,1-3H3,(H,24,25). The molecule has 0 aromatic heterocycles. The van der Waals surface area contributed by atoms with E-state index in [4.69, 9.17) is 14.2 Å². The van der Waals surface area contributed by atoms with E-state index in [1.807, 2.05) is 6.92 Å². The molecule has 2 aromatic carbocycles. The first kappa shape index (κ1) is 22.7. The van der Waals surface area contributed by atoms with E-state index >= 15 is 0 Å². The lowest BCUT2D eigenvalue weighted by Crippen LogP contribution is -2.25. The number of hydrogen-bond donors (Lipinski definition) is 1. The second kappa shape index (κ2) is 10.8. The summed E-state index contributed by atoms with van der Waals surface area (Å²) in [4.78, 5) is 12.5. The lowest BCUT2D eigenvalue weighted by atomic mass is 10.1. The second-order valence-corrected chi connectivity index (χ2v) is 6.65. The lowest BCUT2D eigenvalue weighted by molar-refractivity contribution is -0.0512. The van der Waals surface area contributed by atoms with Gasteiger partial charge in [0, 0.05) is 12.1 Å². The quantitative estimate of drug-likeness (QED) is 0.552. The van der Waals surface area contributed by atoms with Gasteiger partial charge in [0.05, 0.1) is 25.3 Å².